The van der Waals surface area contributed by atoms with Gasteiger partial charge in [0.2, 0.25) is 0 Å². The summed E-state index contributed by atoms with van der Waals surface area (Å²) in [7, 11) is 0. The lowest BCUT2D eigenvalue weighted by molar-refractivity contribution is -0.139. The number of rotatable bonds is 7. The molecule has 0 N–H and O–H groups in total. The van der Waals surface area contributed by atoms with Crippen LogP contribution in [0.1, 0.15) is 25.0 Å². The standard InChI is InChI=1S/C23H26ClFN6O2/c1-16-11-31(17(2)10-29(16)12-18-3-6-21(25)7-4-18)23(32)14-33-22-8-5-20(24)9-19(22)13-30-15-26-27-28-30/h3-9,15-17H,10-14H2,1-2H3/t16-,17+/m1/s1. The fourth-order valence-electron chi connectivity index (χ4n) is 4.05. The van der Waals surface area contributed by atoms with Gasteiger partial charge in [0.15, 0.2) is 6.61 Å². The van der Waals surface area contributed by atoms with E-state index in [1.54, 1.807) is 35.0 Å². The van der Waals surface area contributed by atoms with E-state index in [9.17, 15) is 9.18 Å². The third kappa shape index (κ3) is 5.85. The molecular weight excluding hydrogens is 447 g/mol. The minimum absolute atomic E-state index is 0.0312. The van der Waals surface area contributed by atoms with Crippen molar-refractivity contribution in [1.82, 2.24) is 30.0 Å². The molecule has 0 spiro atoms. The second-order valence-corrected chi connectivity index (χ2v) is 8.78. The number of ether oxygens (including phenoxy) is 1. The Hall–Kier alpha value is -3.04. The van der Waals surface area contributed by atoms with Gasteiger partial charge in [0.25, 0.3) is 5.91 Å². The Morgan fingerprint density at radius 2 is 1.91 bits per heavy atom. The summed E-state index contributed by atoms with van der Waals surface area (Å²) < 4.78 is 20.6. The van der Waals surface area contributed by atoms with Crippen LogP contribution in [0.15, 0.2) is 48.8 Å². The Bertz CT molecular complexity index is 1080. The molecule has 10 heteroatoms. The van der Waals surface area contributed by atoms with Gasteiger partial charge in [-0.3, -0.25) is 9.69 Å². The van der Waals surface area contributed by atoms with Gasteiger partial charge in [0, 0.05) is 42.3 Å². The van der Waals surface area contributed by atoms with Crippen molar-refractivity contribution in [2.24, 2.45) is 0 Å². The summed E-state index contributed by atoms with van der Waals surface area (Å²) >= 11 is 6.14. The quantitative estimate of drug-likeness (QED) is 0.526. The van der Waals surface area contributed by atoms with Crippen molar-refractivity contribution < 1.29 is 13.9 Å². The van der Waals surface area contributed by atoms with E-state index in [-0.39, 0.29) is 30.4 Å². The average Bonchev–Trinajstić information content (AvgIpc) is 3.30. The monoisotopic (exact) mass is 472 g/mol. The molecule has 4 rings (SSSR count). The molecule has 1 aliphatic heterocycles. The molecule has 33 heavy (non-hydrogen) atoms. The fourth-order valence-corrected chi connectivity index (χ4v) is 4.25. The van der Waals surface area contributed by atoms with E-state index in [2.05, 4.69) is 27.3 Å². The number of benzene rings is 2. The maximum Gasteiger partial charge on any atom is 0.260 e. The van der Waals surface area contributed by atoms with Crippen LogP contribution in [0.25, 0.3) is 0 Å². The number of piperazine rings is 1. The molecule has 2 atom stereocenters. The van der Waals surface area contributed by atoms with Gasteiger partial charge in [-0.1, -0.05) is 23.7 Å². The molecule has 0 unspecified atom stereocenters. The average molecular weight is 473 g/mol. The van der Waals surface area contributed by atoms with Gasteiger partial charge in [-0.15, -0.1) is 5.10 Å². The largest absolute Gasteiger partial charge is 0.483 e. The molecule has 1 saturated heterocycles. The van der Waals surface area contributed by atoms with E-state index in [0.717, 1.165) is 24.2 Å². The van der Waals surface area contributed by atoms with Crippen molar-refractivity contribution in [3.8, 4) is 5.75 Å². The van der Waals surface area contributed by atoms with Gasteiger partial charge in [-0.2, -0.15) is 0 Å². The normalized spacial score (nSPS) is 19.0. The topological polar surface area (TPSA) is 76.4 Å². The number of amides is 1. The van der Waals surface area contributed by atoms with Crippen molar-refractivity contribution in [3.63, 3.8) is 0 Å². The van der Waals surface area contributed by atoms with Crippen LogP contribution in [0.4, 0.5) is 4.39 Å². The van der Waals surface area contributed by atoms with Crippen LogP contribution in [0.3, 0.4) is 0 Å². The lowest BCUT2D eigenvalue weighted by Crippen LogP contribution is -2.58. The first-order valence-electron chi connectivity index (χ1n) is 10.8. The Morgan fingerprint density at radius 1 is 1.12 bits per heavy atom. The first-order valence-corrected chi connectivity index (χ1v) is 11.2. The number of nitrogens with zero attached hydrogens (tertiary/aromatic N) is 6. The molecule has 3 aromatic rings. The van der Waals surface area contributed by atoms with Crippen molar-refractivity contribution in [3.05, 3.63) is 70.8 Å². The van der Waals surface area contributed by atoms with Crippen LogP contribution in [-0.4, -0.2) is 67.7 Å². The number of tetrazole rings is 1. The predicted molar refractivity (Wildman–Crippen MR) is 121 cm³/mol. The number of hydrogen-bond acceptors (Lipinski definition) is 6. The van der Waals surface area contributed by atoms with Crippen LogP contribution in [0.2, 0.25) is 5.02 Å². The number of carbonyl (C=O) groups excluding carboxylic acids is 1. The zero-order chi connectivity index (χ0) is 23.4. The van der Waals surface area contributed by atoms with E-state index in [4.69, 9.17) is 16.3 Å². The molecule has 8 nitrogen and oxygen atoms in total. The summed E-state index contributed by atoms with van der Waals surface area (Å²) in [5.41, 5.74) is 1.84. The number of halogens is 2. The van der Waals surface area contributed by atoms with Gasteiger partial charge >= 0.3 is 0 Å². The van der Waals surface area contributed by atoms with E-state index in [1.807, 2.05) is 11.8 Å². The molecule has 2 heterocycles. The molecule has 2 aromatic carbocycles. The summed E-state index contributed by atoms with van der Waals surface area (Å²) in [5.74, 6) is 0.260. The Labute approximate surface area is 196 Å². The van der Waals surface area contributed by atoms with E-state index in [1.165, 1.54) is 18.5 Å². The predicted octanol–water partition coefficient (Wildman–Crippen LogP) is 3.01. The van der Waals surface area contributed by atoms with Crippen LogP contribution in [-0.2, 0) is 17.9 Å². The summed E-state index contributed by atoms with van der Waals surface area (Å²) in [6, 6.07) is 12.0. The molecule has 1 aliphatic rings. The zero-order valence-electron chi connectivity index (χ0n) is 18.6. The minimum Gasteiger partial charge on any atom is -0.483 e. The van der Waals surface area contributed by atoms with Gasteiger partial charge < -0.3 is 9.64 Å². The zero-order valence-corrected chi connectivity index (χ0v) is 19.3. The highest BCUT2D eigenvalue weighted by Crippen LogP contribution is 2.24. The second kappa shape index (κ2) is 10.3. The van der Waals surface area contributed by atoms with Crippen LogP contribution < -0.4 is 4.74 Å². The summed E-state index contributed by atoms with van der Waals surface area (Å²) in [6.07, 6.45) is 1.50. The highest BCUT2D eigenvalue weighted by Gasteiger charge is 2.32. The minimum atomic E-state index is -0.239. The third-order valence-corrected chi connectivity index (χ3v) is 6.07. The smallest absolute Gasteiger partial charge is 0.260 e. The fraction of sp³-hybridized carbons (Fsp3) is 0.391. The van der Waals surface area contributed by atoms with Gasteiger partial charge in [-0.05, 0) is 60.2 Å². The first kappa shape index (κ1) is 23.1. The Balaban J connectivity index is 1.36. The van der Waals surface area contributed by atoms with E-state index >= 15 is 0 Å². The molecular formula is C23H26ClFN6O2. The Kier molecular flexibility index (Phi) is 7.20. The highest BCUT2D eigenvalue weighted by atomic mass is 35.5. The van der Waals surface area contributed by atoms with E-state index in [0.29, 0.717) is 23.9 Å². The van der Waals surface area contributed by atoms with Crippen molar-refractivity contribution >= 4 is 17.5 Å². The van der Waals surface area contributed by atoms with E-state index < -0.39 is 0 Å². The molecule has 174 valence electrons. The summed E-state index contributed by atoms with van der Waals surface area (Å²) in [4.78, 5) is 17.2. The van der Waals surface area contributed by atoms with Gasteiger partial charge in [-0.25, -0.2) is 9.07 Å². The van der Waals surface area contributed by atoms with Gasteiger partial charge in [0.05, 0.1) is 6.54 Å². The molecule has 0 bridgehead atoms. The maximum absolute atomic E-state index is 13.2. The van der Waals surface area contributed by atoms with Crippen molar-refractivity contribution in [2.75, 3.05) is 19.7 Å². The number of aromatic nitrogens is 4. The molecule has 1 aromatic heterocycles. The summed E-state index contributed by atoms with van der Waals surface area (Å²) in [6.45, 7) is 6.49. The van der Waals surface area contributed by atoms with Gasteiger partial charge in [0.1, 0.15) is 17.9 Å². The molecule has 0 saturated carbocycles. The lowest BCUT2D eigenvalue weighted by atomic mass is 10.1. The molecule has 1 amide bonds. The first-order chi connectivity index (χ1) is 15.9. The Morgan fingerprint density at radius 3 is 2.64 bits per heavy atom. The van der Waals surface area contributed by atoms with Crippen LogP contribution >= 0.6 is 11.6 Å². The molecule has 0 aliphatic carbocycles. The van der Waals surface area contributed by atoms with Crippen LogP contribution in [0, 0.1) is 5.82 Å². The van der Waals surface area contributed by atoms with Crippen molar-refractivity contribution in [1.29, 1.82) is 0 Å². The molecule has 1 fully saturated rings. The summed E-state index contributed by atoms with van der Waals surface area (Å²) in [5, 5.41) is 11.7. The SMILES string of the molecule is C[C@@H]1CN(C(=O)COc2ccc(Cl)cc2Cn2cnnn2)[C@@H](C)CN1Cc1ccc(F)cc1. The second-order valence-electron chi connectivity index (χ2n) is 8.35. The highest BCUT2D eigenvalue weighted by molar-refractivity contribution is 6.30. The maximum atomic E-state index is 13.2. The van der Waals surface area contributed by atoms with Crippen LogP contribution in [0.5, 0.6) is 5.75 Å². The lowest BCUT2D eigenvalue weighted by Gasteiger charge is -2.44. The van der Waals surface area contributed by atoms with Crippen molar-refractivity contribution in [2.45, 2.75) is 39.0 Å². The molecule has 0 radical (unpaired) electrons. The number of hydrogen-bond donors (Lipinski definition) is 0. The third-order valence-electron chi connectivity index (χ3n) is 5.83. The number of carbonyl (C=O) groups is 1.